The number of aliphatic hydroxyl groups excluding tert-OH is 1. The number of aliphatic hydroxyl groups is 1. The molecule has 1 N–H and O–H groups in total. The predicted octanol–water partition coefficient (Wildman–Crippen LogP) is -0.358. The minimum absolute atomic E-state index is 0.102. The first-order valence-electron chi connectivity index (χ1n) is 6.54. The lowest BCUT2D eigenvalue weighted by Crippen LogP contribution is -2.33. The lowest BCUT2D eigenvalue weighted by molar-refractivity contribution is 0.157. The minimum atomic E-state index is -3.36. The van der Waals surface area contributed by atoms with Gasteiger partial charge in [0.15, 0.2) is 0 Å². The molecule has 2 atom stereocenters. The molecule has 1 aliphatic heterocycles. The van der Waals surface area contributed by atoms with Crippen molar-refractivity contribution < 1.29 is 13.5 Å². The van der Waals surface area contributed by atoms with Gasteiger partial charge in [0.05, 0.1) is 11.9 Å². The van der Waals surface area contributed by atoms with Crippen molar-refractivity contribution in [2.75, 3.05) is 37.8 Å². The van der Waals surface area contributed by atoms with Crippen LogP contribution in [0.3, 0.4) is 0 Å². The normalized spacial score (nSPS) is 22.5. The second-order valence-corrected chi connectivity index (χ2v) is 7.51. The number of aromatic nitrogens is 1. The lowest BCUT2D eigenvalue weighted by atomic mass is 10.1. The fraction of sp³-hybridized carbons (Fsp3) is 0.538. The van der Waals surface area contributed by atoms with E-state index in [0.29, 0.717) is 24.6 Å². The predicted molar refractivity (Wildman–Crippen MR) is 78.1 cm³/mol. The Labute approximate surface area is 124 Å². The highest BCUT2D eigenvalue weighted by molar-refractivity contribution is 7.89. The summed E-state index contributed by atoms with van der Waals surface area (Å²) in [5.74, 6) is 0.109. The highest BCUT2D eigenvalue weighted by Crippen LogP contribution is 2.24. The van der Waals surface area contributed by atoms with E-state index in [1.54, 1.807) is 23.1 Å². The van der Waals surface area contributed by atoms with Crippen molar-refractivity contribution in [1.82, 2.24) is 9.29 Å². The van der Waals surface area contributed by atoms with Gasteiger partial charge in [0.25, 0.3) is 0 Å². The zero-order valence-electron chi connectivity index (χ0n) is 12.0. The summed E-state index contributed by atoms with van der Waals surface area (Å²) in [4.78, 5) is 5.97. The van der Waals surface area contributed by atoms with E-state index < -0.39 is 16.1 Å². The average molecular weight is 310 g/mol. The standard InChI is InChI=1S/C13H18N4O3S/c1-16(2)21(19,20)9-10-7-17(8-12(10)18)13-5-3-4-11(6-14)15-13/h3-5,10,12,18H,7-9H2,1-2H3/t10-,12+/m0/s1. The zero-order valence-corrected chi connectivity index (χ0v) is 12.8. The first-order chi connectivity index (χ1) is 9.83. The third-order valence-corrected chi connectivity index (χ3v) is 5.52. The zero-order chi connectivity index (χ0) is 15.6. The summed E-state index contributed by atoms with van der Waals surface area (Å²) in [6.45, 7) is 0.714. The van der Waals surface area contributed by atoms with Crippen LogP contribution >= 0.6 is 0 Å². The lowest BCUT2D eigenvalue weighted by Gasteiger charge is -2.18. The maximum absolute atomic E-state index is 11.9. The number of nitrogens with zero attached hydrogens (tertiary/aromatic N) is 4. The minimum Gasteiger partial charge on any atom is -0.391 e. The average Bonchev–Trinajstić information content (AvgIpc) is 2.79. The molecule has 0 bridgehead atoms. The summed E-state index contributed by atoms with van der Waals surface area (Å²) in [6, 6.07) is 7.03. The fourth-order valence-corrected chi connectivity index (χ4v) is 3.45. The van der Waals surface area contributed by atoms with Crippen molar-refractivity contribution in [3.05, 3.63) is 23.9 Å². The molecule has 0 aromatic carbocycles. The fourth-order valence-electron chi connectivity index (χ4n) is 2.29. The van der Waals surface area contributed by atoms with E-state index in [2.05, 4.69) is 4.98 Å². The third kappa shape index (κ3) is 3.50. The molecule has 0 aliphatic carbocycles. The van der Waals surface area contributed by atoms with Gasteiger partial charge in [-0.2, -0.15) is 5.26 Å². The monoisotopic (exact) mass is 310 g/mol. The molecule has 1 fully saturated rings. The van der Waals surface area contributed by atoms with Gasteiger partial charge in [-0.05, 0) is 12.1 Å². The van der Waals surface area contributed by atoms with Crippen LogP contribution in [0.2, 0.25) is 0 Å². The van der Waals surface area contributed by atoms with E-state index in [0.717, 1.165) is 4.31 Å². The summed E-state index contributed by atoms with van der Waals surface area (Å²) >= 11 is 0. The van der Waals surface area contributed by atoms with Gasteiger partial charge in [-0.3, -0.25) is 0 Å². The number of hydrogen-bond acceptors (Lipinski definition) is 6. The van der Waals surface area contributed by atoms with E-state index >= 15 is 0 Å². The molecule has 7 nitrogen and oxygen atoms in total. The summed E-state index contributed by atoms with van der Waals surface area (Å²) < 4.78 is 25.0. The van der Waals surface area contributed by atoms with Crippen molar-refractivity contribution in [3.8, 4) is 6.07 Å². The van der Waals surface area contributed by atoms with Gasteiger partial charge >= 0.3 is 0 Å². The SMILES string of the molecule is CN(C)S(=O)(=O)C[C@@H]1CN(c2cccc(C#N)n2)C[C@H]1O. The van der Waals surface area contributed by atoms with Gasteiger partial charge in [0.1, 0.15) is 17.6 Å². The van der Waals surface area contributed by atoms with E-state index in [4.69, 9.17) is 5.26 Å². The second-order valence-electron chi connectivity index (χ2n) is 5.29. The van der Waals surface area contributed by atoms with Gasteiger partial charge in [-0.1, -0.05) is 6.07 Å². The Morgan fingerprint density at radius 1 is 1.48 bits per heavy atom. The number of anilines is 1. The maximum Gasteiger partial charge on any atom is 0.214 e. The molecule has 0 radical (unpaired) electrons. The molecule has 1 aliphatic rings. The topological polar surface area (TPSA) is 97.5 Å². The Balaban J connectivity index is 2.12. The van der Waals surface area contributed by atoms with Crippen LogP contribution in [0.4, 0.5) is 5.82 Å². The van der Waals surface area contributed by atoms with Crippen LogP contribution in [0, 0.1) is 17.2 Å². The van der Waals surface area contributed by atoms with Crippen LogP contribution in [0.1, 0.15) is 5.69 Å². The molecule has 2 heterocycles. The number of hydrogen-bond donors (Lipinski definition) is 1. The van der Waals surface area contributed by atoms with Crippen molar-refractivity contribution >= 4 is 15.8 Å². The molecule has 0 unspecified atom stereocenters. The molecule has 0 saturated carbocycles. The van der Waals surface area contributed by atoms with Crippen molar-refractivity contribution in [2.45, 2.75) is 6.10 Å². The van der Waals surface area contributed by atoms with Gasteiger partial charge in [0.2, 0.25) is 10.0 Å². The number of sulfonamides is 1. The van der Waals surface area contributed by atoms with Crippen LogP contribution in [0.15, 0.2) is 18.2 Å². The molecule has 114 valence electrons. The molecule has 21 heavy (non-hydrogen) atoms. The number of β-amino-alcohol motifs (C(OH)–C–C–N with tert-alkyl or cyclic N) is 1. The van der Waals surface area contributed by atoms with Crippen LogP contribution in [0.5, 0.6) is 0 Å². The van der Waals surface area contributed by atoms with E-state index in [1.165, 1.54) is 14.1 Å². The highest BCUT2D eigenvalue weighted by Gasteiger charge is 2.35. The maximum atomic E-state index is 11.9. The Kier molecular flexibility index (Phi) is 4.46. The first-order valence-corrected chi connectivity index (χ1v) is 8.15. The molecule has 1 aromatic rings. The first kappa shape index (κ1) is 15.7. The van der Waals surface area contributed by atoms with Gasteiger partial charge in [0, 0.05) is 33.1 Å². The molecule has 0 amide bonds. The van der Waals surface area contributed by atoms with Crippen molar-refractivity contribution in [3.63, 3.8) is 0 Å². The van der Waals surface area contributed by atoms with Gasteiger partial charge in [-0.25, -0.2) is 17.7 Å². The Hall–Kier alpha value is -1.69. The van der Waals surface area contributed by atoms with Crippen molar-refractivity contribution in [2.24, 2.45) is 5.92 Å². The quantitative estimate of drug-likeness (QED) is 0.816. The van der Waals surface area contributed by atoms with Crippen molar-refractivity contribution in [1.29, 1.82) is 5.26 Å². The van der Waals surface area contributed by atoms with E-state index in [9.17, 15) is 13.5 Å². The number of pyridine rings is 1. The molecule has 1 saturated heterocycles. The summed E-state index contributed by atoms with van der Waals surface area (Å²) in [5.41, 5.74) is 0.298. The number of rotatable bonds is 4. The smallest absolute Gasteiger partial charge is 0.214 e. The Morgan fingerprint density at radius 3 is 2.81 bits per heavy atom. The molecule has 8 heteroatoms. The molecule has 2 rings (SSSR count). The molecular formula is C13H18N4O3S. The van der Waals surface area contributed by atoms with Crippen LogP contribution in [-0.4, -0.2) is 61.9 Å². The van der Waals surface area contributed by atoms with Crippen LogP contribution in [-0.2, 0) is 10.0 Å². The molecule has 1 aromatic heterocycles. The summed E-state index contributed by atoms with van der Waals surface area (Å²) in [7, 11) is -0.402. The van der Waals surface area contributed by atoms with Crippen LogP contribution in [0.25, 0.3) is 0 Å². The van der Waals surface area contributed by atoms with E-state index in [-0.39, 0.29) is 11.7 Å². The summed E-state index contributed by atoms with van der Waals surface area (Å²) in [6.07, 6.45) is -0.729. The van der Waals surface area contributed by atoms with Gasteiger partial charge < -0.3 is 10.0 Å². The molecular weight excluding hydrogens is 292 g/mol. The van der Waals surface area contributed by atoms with E-state index in [1.807, 2.05) is 6.07 Å². The largest absolute Gasteiger partial charge is 0.391 e. The van der Waals surface area contributed by atoms with Gasteiger partial charge in [-0.15, -0.1) is 0 Å². The van der Waals surface area contributed by atoms with Crippen LogP contribution < -0.4 is 4.90 Å². The second kappa shape index (κ2) is 5.97. The Morgan fingerprint density at radius 2 is 2.19 bits per heavy atom. The number of nitriles is 1. The molecule has 0 spiro atoms. The third-order valence-electron chi connectivity index (χ3n) is 3.56. The Bertz CT molecular complexity index is 654. The highest BCUT2D eigenvalue weighted by atomic mass is 32.2. The summed E-state index contributed by atoms with van der Waals surface area (Å²) in [5, 5.41) is 18.9.